The van der Waals surface area contributed by atoms with Gasteiger partial charge in [0.25, 0.3) is 5.56 Å². The van der Waals surface area contributed by atoms with Gasteiger partial charge in [-0.15, -0.1) is 0 Å². The lowest BCUT2D eigenvalue weighted by atomic mass is 10.1. The first-order valence-corrected chi connectivity index (χ1v) is 11.6. The zero-order valence-electron chi connectivity index (χ0n) is 20.2. The highest BCUT2D eigenvalue weighted by molar-refractivity contribution is 5.91. The van der Waals surface area contributed by atoms with Gasteiger partial charge in [0, 0.05) is 17.1 Å². The van der Waals surface area contributed by atoms with E-state index in [2.05, 4.69) is 15.5 Å². The van der Waals surface area contributed by atoms with Crippen LogP contribution in [0.25, 0.3) is 16.6 Å². The van der Waals surface area contributed by atoms with E-state index in [9.17, 15) is 9.59 Å². The second-order valence-electron chi connectivity index (χ2n) is 9.00. The molecule has 3 heterocycles. The number of hydrogen-bond donors (Lipinski definition) is 1. The van der Waals surface area contributed by atoms with Crippen LogP contribution in [0.1, 0.15) is 36.6 Å². The number of ether oxygens (including phenoxy) is 2. The third kappa shape index (κ3) is 4.25. The fourth-order valence-electron chi connectivity index (χ4n) is 4.14. The van der Waals surface area contributed by atoms with Gasteiger partial charge in [-0.25, -0.2) is 9.36 Å². The Kier molecular flexibility index (Phi) is 5.76. The number of aromatic nitrogens is 4. The van der Waals surface area contributed by atoms with Crippen LogP contribution in [0.15, 0.2) is 47.4 Å². The summed E-state index contributed by atoms with van der Waals surface area (Å²) >= 11 is 0. The number of aryl methyl sites for hydroxylation is 2. The molecule has 0 spiro atoms. The number of carbonyl (C=O) groups is 1. The molecule has 1 aliphatic heterocycles. The van der Waals surface area contributed by atoms with Crippen molar-refractivity contribution in [1.82, 2.24) is 19.6 Å². The Morgan fingerprint density at radius 1 is 1.06 bits per heavy atom. The lowest BCUT2D eigenvalue weighted by molar-refractivity contribution is -0.117. The van der Waals surface area contributed by atoms with E-state index >= 15 is 0 Å². The minimum atomic E-state index is -0.377. The lowest BCUT2D eigenvalue weighted by Gasteiger charge is -2.19. The third-order valence-electron chi connectivity index (χ3n) is 6.11. The Bertz CT molecular complexity index is 1500. The number of rotatable bonds is 5. The van der Waals surface area contributed by atoms with Crippen molar-refractivity contribution in [3.05, 3.63) is 69.8 Å². The lowest BCUT2D eigenvalue weighted by Crippen LogP contribution is -2.31. The van der Waals surface area contributed by atoms with E-state index in [1.165, 1.54) is 4.68 Å². The number of nitrogens with zero attached hydrogens (tertiary/aromatic N) is 4. The first kappa shape index (κ1) is 22.6. The van der Waals surface area contributed by atoms with Crippen LogP contribution >= 0.6 is 0 Å². The molecule has 4 aromatic rings. The van der Waals surface area contributed by atoms with Gasteiger partial charge in [-0.1, -0.05) is 19.9 Å². The number of anilines is 1. The highest BCUT2D eigenvalue weighted by atomic mass is 16.6. The molecule has 180 valence electrons. The largest absolute Gasteiger partial charge is 0.486 e. The van der Waals surface area contributed by atoms with Crippen molar-refractivity contribution in [2.45, 2.75) is 40.2 Å². The van der Waals surface area contributed by atoms with E-state index in [4.69, 9.17) is 9.47 Å². The van der Waals surface area contributed by atoms with Crippen LogP contribution in [0.2, 0.25) is 0 Å². The first-order valence-electron chi connectivity index (χ1n) is 11.6. The molecule has 0 fully saturated rings. The summed E-state index contributed by atoms with van der Waals surface area (Å²) in [4.78, 5) is 26.4. The minimum Gasteiger partial charge on any atom is -0.486 e. The van der Waals surface area contributed by atoms with Crippen LogP contribution in [0.3, 0.4) is 0 Å². The number of benzene rings is 2. The zero-order valence-corrected chi connectivity index (χ0v) is 20.2. The zero-order chi connectivity index (χ0) is 24.7. The molecule has 0 radical (unpaired) electrons. The summed E-state index contributed by atoms with van der Waals surface area (Å²) in [6.07, 6.45) is 1.67. The van der Waals surface area contributed by atoms with Crippen LogP contribution < -0.4 is 20.3 Å². The fourth-order valence-corrected chi connectivity index (χ4v) is 4.14. The standard InChI is InChI=1S/C26H27N5O4/c1-15(2)24-20-13-27-31(19-7-5-16(3)17(4)11-19)25(20)26(33)30(29-24)14-23(32)28-18-6-8-21-22(12-18)35-10-9-34-21/h5-8,11-13,15H,9-10,14H2,1-4H3,(H,28,32). The molecular weight excluding hydrogens is 446 g/mol. The van der Waals surface area contributed by atoms with Crippen molar-refractivity contribution in [3.8, 4) is 17.2 Å². The van der Waals surface area contributed by atoms with E-state index in [1.807, 2.05) is 45.9 Å². The number of nitrogens with one attached hydrogen (secondary N) is 1. The molecule has 0 bridgehead atoms. The van der Waals surface area contributed by atoms with Gasteiger partial charge in [0.05, 0.1) is 17.6 Å². The maximum absolute atomic E-state index is 13.5. The smallest absolute Gasteiger partial charge is 0.293 e. The van der Waals surface area contributed by atoms with Crippen molar-refractivity contribution in [3.63, 3.8) is 0 Å². The average molecular weight is 474 g/mol. The Hall–Kier alpha value is -4.14. The number of fused-ring (bicyclic) bond motifs is 2. The highest BCUT2D eigenvalue weighted by Gasteiger charge is 2.20. The van der Waals surface area contributed by atoms with Crippen molar-refractivity contribution in [2.24, 2.45) is 0 Å². The first-order chi connectivity index (χ1) is 16.8. The summed E-state index contributed by atoms with van der Waals surface area (Å²) in [5, 5.41) is 12.6. The molecule has 5 rings (SSSR count). The van der Waals surface area contributed by atoms with Crippen molar-refractivity contribution < 1.29 is 14.3 Å². The molecule has 35 heavy (non-hydrogen) atoms. The number of hydrogen-bond acceptors (Lipinski definition) is 6. The van der Waals surface area contributed by atoms with E-state index in [1.54, 1.807) is 29.1 Å². The van der Waals surface area contributed by atoms with Crippen LogP contribution in [0.4, 0.5) is 5.69 Å². The maximum Gasteiger partial charge on any atom is 0.293 e. The predicted octanol–water partition coefficient (Wildman–Crippen LogP) is 3.73. The molecule has 2 aromatic carbocycles. The van der Waals surface area contributed by atoms with Gasteiger partial charge in [-0.3, -0.25) is 9.59 Å². The molecule has 0 unspecified atom stereocenters. The maximum atomic E-state index is 13.5. The number of carbonyl (C=O) groups excluding carboxylic acids is 1. The molecule has 9 nitrogen and oxygen atoms in total. The van der Waals surface area contributed by atoms with Gasteiger partial charge < -0.3 is 14.8 Å². The Morgan fingerprint density at radius 2 is 1.83 bits per heavy atom. The molecule has 2 aromatic heterocycles. The molecule has 1 amide bonds. The van der Waals surface area contributed by atoms with E-state index in [0.29, 0.717) is 47.0 Å². The molecule has 1 aliphatic rings. The van der Waals surface area contributed by atoms with Gasteiger partial charge >= 0.3 is 0 Å². The van der Waals surface area contributed by atoms with Gasteiger partial charge in [0.15, 0.2) is 11.5 Å². The summed E-state index contributed by atoms with van der Waals surface area (Å²) < 4.78 is 13.9. The van der Waals surface area contributed by atoms with E-state index < -0.39 is 0 Å². The predicted molar refractivity (Wildman–Crippen MR) is 133 cm³/mol. The van der Waals surface area contributed by atoms with Crippen molar-refractivity contribution >= 4 is 22.5 Å². The van der Waals surface area contributed by atoms with Crippen molar-refractivity contribution in [1.29, 1.82) is 0 Å². The normalized spacial score (nSPS) is 12.8. The van der Waals surface area contributed by atoms with Gasteiger partial charge in [0.1, 0.15) is 25.3 Å². The van der Waals surface area contributed by atoms with Crippen molar-refractivity contribution in [2.75, 3.05) is 18.5 Å². The van der Waals surface area contributed by atoms with Crippen LogP contribution in [-0.2, 0) is 11.3 Å². The molecule has 9 heteroatoms. The van der Waals surface area contributed by atoms with E-state index in [0.717, 1.165) is 16.8 Å². The highest BCUT2D eigenvalue weighted by Crippen LogP contribution is 2.32. The summed E-state index contributed by atoms with van der Waals surface area (Å²) in [7, 11) is 0. The SMILES string of the molecule is Cc1ccc(-n2ncc3c(C(C)C)nn(CC(=O)Nc4ccc5c(c4)OCCO5)c(=O)c32)cc1C. The van der Waals surface area contributed by atoms with Gasteiger partial charge in [0.2, 0.25) is 5.91 Å². The summed E-state index contributed by atoms with van der Waals surface area (Å²) in [6.45, 7) is 8.77. The fraction of sp³-hybridized carbons (Fsp3) is 0.308. The third-order valence-corrected chi connectivity index (χ3v) is 6.11. The second-order valence-corrected chi connectivity index (χ2v) is 9.00. The second kappa shape index (κ2) is 8.90. The summed E-state index contributed by atoms with van der Waals surface area (Å²) in [5.74, 6) is 0.870. The topological polar surface area (TPSA) is 100 Å². The van der Waals surface area contributed by atoms with Crippen LogP contribution in [-0.4, -0.2) is 38.7 Å². The minimum absolute atomic E-state index is 0.0302. The molecule has 1 N–H and O–H groups in total. The van der Waals surface area contributed by atoms with Crippen LogP contribution in [0.5, 0.6) is 11.5 Å². The number of amides is 1. The molecule has 0 atom stereocenters. The monoisotopic (exact) mass is 473 g/mol. The van der Waals surface area contributed by atoms with E-state index in [-0.39, 0.29) is 23.9 Å². The quantitative estimate of drug-likeness (QED) is 0.474. The Balaban J connectivity index is 1.51. The Morgan fingerprint density at radius 3 is 2.57 bits per heavy atom. The Labute approximate surface area is 202 Å². The average Bonchev–Trinajstić information content (AvgIpc) is 3.28. The molecule has 0 saturated carbocycles. The molecule has 0 aliphatic carbocycles. The molecular formula is C26H27N5O4. The van der Waals surface area contributed by atoms with Crippen LogP contribution in [0, 0.1) is 13.8 Å². The van der Waals surface area contributed by atoms with Gasteiger partial charge in [-0.05, 0) is 55.2 Å². The summed E-state index contributed by atoms with van der Waals surface area (Å²) in [6, 6.07) is 11.1. The summed E-state index contributed by atoms with van der Waals surface area (Å²) in [5.41, 5.74) is 4.33. The van der Waals surface area contributed by atoms with Gasteiger partial charge in [-0.2, -0.15) is 10.2 Å². The molecule has 0 saturated heterocycles.